The number of rotatable bonds is 8. The van der Waals surface area contributed by atoms with E-state index in [2.05, 4.69) is 10.6 Å². The topological polar surface area (TPSA) is 61.4 Å². The van der Waals surface area contributed by atoms with Crippen molar-refractivity contribution in [2.75, 3.05) is 26.2 Å². The smallest absolute Gasteiger partial charge is 0.223 e. The molecule has 4 heteroatoms. The summed E-state index contributed by atoms with van der Waals surface area (Å²) in [5, 5.41) is 14.6. The molecule has 0 bridgehead atoms. The van der Waals surface area contributed by atoms with Gasteiger partial charge in [0.25, 0.3) is 0 Å². The second-order valence-corrected chi connectivity index (χ2v) is 3.75. The minimum atomic E-state index is 0.210. The Morgan fingerprint density at radius 3 is 2.64 bits per heavy atom. The molecule has 0 aliphatic heterocycles. The molecular formula is C10H20N2O2. The van der Waals surface area contributed by atoms with Crippen LogP contribution in [-0.4, -0.2) is 37.3 Å². The molecule has 0 radical (unpaired) electrons. The van der Waals surface area contributed by atoms with E-state index in [-0.39, 0.29) is 12.5 Å². The Morgan fingerprint density at radius 1 is 1.21 bits per heavy atom. The van der Waals surface area contributed by atoms with Gasteiger partial charge in [-0.05, 0) is 32.2 Å². The normalized spacial score (nSPS) is 15.5. The lowest BCUT2D eigenvalue weighted by Crippen LogP contribution is -2.33. The van der Waals surface area contributed by atoms with Crippen molar-refractivity contribution in [1.82, 2.24) is 10.6 Å². The third-order valence-corrected chi connectivity index (χ3v) is 2.31. The van der Waals surface area contributed by atoms with E-state index in [1.165, 1.54) is 0 Å². The predicted molar refractivity (Wildman–Crippen MR) is 54.9 cm³/mol. The molecular weight excluding hydrogens is 180 g/mol. The lowest BCUT2D eigenvalue weighted by molar-refractivity contribution is -0.122. The Labute approximate surface area is 85.1 Å². The molecule has 0 heterocycles. The van der Waals surface area contributed by atoms with Gasteiger partial charge in [-0.1, -0.05) is 0 Å². The van der Waals surface area contributed by atoms with Crippen LogP contribution in [0.25, 0.3) is 0 Å². The number of carbonyl (C=O) groups excluding carboxylic acids is 1. The number of amides is 1. The molecule has 4 nitrogen and oxygen atoms in total. The molecule has 14 heavy (non-hydrogen) atoms. The summed E-state index contributed by atoms with van der Waals surface area (Å²) in [6.45, 7) is 2.72. The largest absolute Gasteiger partial charge is 0.396 e. The van der Waals surface area contributed by atoms with Gasteiger partial charge in [0.1, 0.15) is 0 Å². The molecule has 0 unspecified atom stereocenters. The Hall–Kier alpha value is -0.610. The van der Waals surface area contributed by atoms with Crippen molar-refractivity contribution in [3.8, 4) is 0 Å². The van der Waals surface area contributed by atoms with Crippen molar-refractivity contribution in [3.63, 3.8) is 0 Å². The second kappa shape index (κ2) is 6.79. The molecule has 1 amide bonds. The van der Waals surface area contributed by atoms with Crippen molar-refractivity contribution in [2.45, 2.75) is 25.7 Å². The molecule has 1 aliphatic rings. The van der Waals surface area contributed by atoms with Crippen molar-refractivity contribution < 1.29 is 9.90 Å². The van der Waals surface area contributed by atoms with Crippen LogP contribution in [0.2, 0.25) is 0 Å². The SMILES string of the molecule is O=C(NCCNCCCCO)C1CC1. The second-order valence-electron chi connectivity index (χ2n) is 3.75. The first-order valence-corrected chi connectivity index (χ1v) is 5.44. The van der Waals surface area contributed by atoms with E-state index in [1.54, 1.807) is 0 Å². The zero-order chi connectivity index (χ0) is 10.2. The number of hydrogen-bond acceptors (Lipinski definition) is 3. The standard InChI is InChI=1S/C10H20N2O2/c13-8-2-1-5-11-6-7-12-10(14)9-3-4-9/h9,11,13H,1-8H2,(H,12,14). The summed E-state index contributed by atoms with van der Waals surface area (Å²) in [6, 6.07) is 0. The van der Waals surface area contributed by atoms with Gasteiger partial charge in [0.2, 0.25) is 5.91 Å². The van der Waals surface area contributed by atoms with Gasteiger partial charge in [0, 0.05) is 25.6 Å². The first-order chi connectivity index (χ1) is 6.84. The number of aliphatic hydroxyl groups excluding tert-OH is 1. The fraction of sp³-hybridized carbons (Fsp3) is 0.900. The Balaban J connectivity index is 1.77. The summed E-state index contributed by atoms with van der Waals surface area (Å²) in [5.74, 6) is 0.520. The quantitative estimate of drug-likeness (QED) is 0.478. The van der Waals surface area contributed by atoms with Crippen LogP contribution in [0.15, 0.2) is 0 Å². The van der Waals surface area contributed by atoms with Crippen molar-refractivity contribution >= 4 is 5.91 Å². The fourth-order valence-electron chi connectivity index (χ4n) is 1.25. The molecule has 0 spiro atoms. The van der Waals surface area contributed by atoms with Gasteiger partial charge in [-0.2, -0.15) is 0 Å². The van der Waals surface area contributed by atoms with E-state index < -0.39 is 0 Å². The predicted octanol–water partition coefficient (Wildman–Crippen LogP) is -0.125. The minimum absolute atomic E-state index is 0.210. The lowest BCUT2D eigenvalue weighted by Gasteiger charge is -2.05. The van der Waals surface area contributed by atoms with E-state index in [4.69, 9.17) is 5.11 Å². The third kappa shape index (κ3) is 5.19. The highest BCUT2D eigenvalue weighted by Crippen LogP contribution is 2.28. The van der Waals surface area contributed by atoms with Crippen LogP contribution in [0.5, 0.6) is 0 Å². The summed E-state index contributed by atoms with van der Waals surface area (Å²) >= 11 is 0. The van der Waals surface area contributed by atoms with Crippen LogP contribution in [0.1, 0.15) is 25.7 Å². The number of hydrogen-bond donors (Lipinski definition) is 3. The summed E-state index contributed by atoms with van der Waals surface area (Å²) in [6.07, 6.45) is 3.97. The molecule has 0 aromatic heterocycles. The van der Waals surface area contributed by atoms with E-state index >= 15 is 0 Å². The summed E-state index contributed by atoms with van der Waals surface area (Å²) in [5.41, 5.74) is 0. The minimum Gasteiger partial charge on any atom is -0.396 e. The van der Waals surface area contributed by atoms with Gasteiger partial charge in [-0.3, -0.25) is 4.79 Å². The Morgan fingerprint density at radius 2 is 2.00 bits per heavy atom. The van der Waals surface area contributed by atoms with Crippen molar-refractivity contribution in [3.05, 3.63) is 0 Å². The highest BCUT2D eigenvalue weighted by Gasteiger charge is 2.28. The first-order valence-electron chi connectivity index (χ1n) is 5.44. The molecule has 82 valence electrons. The molecule has 1 fully saturated rings. The van der Waals surface area contributed by atoms with E-state index in [0.29, 0.717) is 12.5 Å². The van der Waals surface area contributed by atoms with E-state index in [1.807, 2.05) is 0 Å². The number of unbranched alkanes of at least 4 members (excludes halogenated alkanes) is 1. The molecule has 3 N–H and O–H groups in total. The maximum absolute atomic E-state index is 11.2. The van der Waals surface area contributed by atoms with Gasteiger partial charge < -0.3 is 15.7 Å². The molecule has 0 aromatic carbocycles. The molecule has 1 aliphatic carbocycles. The maximum atomic E-state index is 11.2. The highest BCUT2D eigenvalue weighted by atomic mass is 16.2. The lowest BCUT2D eigenvalue weighted by atomic mass is 10.3. The average molecular weight is 200 g/mol. The van der Waals surface area contributed by atoms with E-state index in [0.717, 1.165) is 38.8 Å². The Bertz CT molecular complexity index is 170. The maximum Gasteiger partial charge on any atom is 0.223 e. The van der Waals surface area contributed by atoms with Crippen LogP contribution >= 0.6 is 0 Å². The fourth-order valence-corrected chi connectivity index (χ4v) is 1.25. The van der Waals surface area contributed by atoms with Gasteiger partial charge >= 0.3 is 0 Å². The summed E-state index contributed by atoms with van der Waals surface area (Å²) in [7, 11) is 0. The Kier molecular flexibility index (Phi) is 5.56. The zero-order valence-electron chi connectivity index (χ0n) is 8.59. The van der Waals surface area contributed by atoms with Crippen LogP contribution in [0, 0.1) is 5.92 Å². The van der Waals surface area contributed by atoms with Crippen LogP contribution in [0.4, 0.5) is 0 Å². The number of aliphatic hydroxyl groups is 1. The van der Waals surface area contributed by atoms with Gasteiger partial charge in [0.15, 0.2) is 0 Å². The van der Waals surface area contributed by atoms with E-state index in [9.17, 15) is 4.79 Å². The zero-order valence-corrected chi connectivity index (χ0v) is 8.59. The molecule has 0 atom stereocenters. The molecule has 1 rings (SSSR count). The summed E-state index contributed by atoms with van der Waals surface area (Å²) < 4.78 is 0. The van der Waals surface area contributed by atoms with Gasteiger partial charge in [-0.15, -0.1) is 0 Å². The van der Waals surface area contributed by atoms with Crippen molar-refractivity contribution in [1.29, 1.82) is 0 Å². The molecule has 1 saturated carbocycles. The van der Waals surface area contributed by atoms with Crippen LogP contribution in [-0.2, 0) is 4.79 Å². The highest BCUT2D eigenvalue weighted by molar-refractivity contribution is 5.80. The van der Waals surface area contributed by atoms with Crippen molar-refractivity contribution in [2.24, 2.45) is 5.92 Å². The monoisotopic (exact) mass is 200 g/mol. The number of nitrogens with one attached hydrogen (secondary N) is 2. The molecule has 0 saturated heterocycles. The van der Waals surface area contributed by atoms with Gasteiger partial charge in [-0.25, -0.2) is 0 Å². The average Bonchev–Trinajstić information content (AvgIpc) is 2.99. The van der Waals surface area contributed by atoms with Gasteiger partial charge in [0.05, 0.1) is 0 Å². The third-order valence-electron chi connectivity index (χ3n) is 2.31. The number of carbonyl (C=O) groups is 1. The summed E-state index contributed by atoms with van der Waals surface area (Å²) in [4.78, 5) is 11.2. The first kappa shape index (κ1) is 11.5. The van der Waals surface area contributed by atoms with Crippen LogP contribution < -0.4 is 10.6 Å². The van der Waals surface area contributed by atoms with Crippen LogP contribution in [0.3, 0.4) is 0 Å². The molecule has 0 aromatic rings.